The van der Waals surface area contributed by atoms with E-state index in [1.54, 1.807) is 17.0 Å². The number of amides is 1. The monoisotopic (exact) mass is 385 g/mol. The quantitative estimate of drug-likeness (QED) is 0.865. The van der Waals surface area contributed by atoms with Crippen molar-refractivity contribution < 1.29 is 23.8 Å². The molecule has 28 heavy (non-hydrogen) atoms. The highest BCUT2D eigenvalue weighted by molar-refractivity contribution is 5.69. The summed E-state index contributed by atoms with van der Waals surface area (Å²) in [6.45, 7) is 0.220. The summed E-state index contributed by atoms with van der Waals surface area (Å²) in [5.74, 6) is -0.421. The third-order valence-corrected chi connectivity index (χ3v) is 5.85. The molecule has 0 aliphatic carbocycles. The number of piperidine rings is 1. The highest BCUT2D eigenvalue weighted by Crippen LogP contribution is 2.48. The molecule has 4 rings (SSSR count). The molecule has 2 aromatic carbocycles. The Morgan fingerprint density at radius 3 is 2.46 bits per heavy atom. The second kappa shape index (κ2) is 7.43. The van der Waals surface area contributed by atoms with Crippen LogP contribution in [0.4, 0.5) is 9.18 Å². The summed E-state index contributed by atoms with van der Waals surface area (Å²) in [7, 11) is 1.40. The van der Waals surface area contributed by atoms with Gasteiger partial charge in [-0.05, 0) is 24.5 Å². The van der Waals surface area contributed by atoms with Crippen molar-refractivity contribution in [2.75, 3.05) is 7.11 Å². The molecule has 0 spiro atoms. The van der Waals surface area contributed by atoms with E-state index in [-0.39, 0.29) is 30.5 Å². The van der Waals surface area contributed by atoms with Gasteiger partial charge in [-0.2, -0.15) is 0 Å². The van der Waals surface area contributed by atoms with Crippen LogP contribution in [0, 0.1) is 5.82 Å². The standard InChI is InChI=1S/C22H24FNO4/c1-27-20-18(8-5-9-19(20)23)22(26)12-16-10-11-17(13-22)24(16)21(25)28-14-15-6-3-2-4-7-15/h2-9,16-17,26H,10-14H2,1H3. The molecule has 5 nitrogen and oxygen atoms in total. The molecule has 0 radical (unpaired) electrons. The summed E-state index contributed by atoms with van der Waals surface area (Å²) < 4.78 is 24.8. The minimum atomic E-state index is -1.23. The minimum absolute atomic E-state index is 0.0736. The normalized spacial score (nSPS) is 26.2. The van der Waals surface area contributed by atoms with Gasteiger partial charge in [-0.25, -0.2) is 9.18 Å². The van der Waals surface area contributed by atoms with E-state index in [9.17, 15) is 14.3 Å². The Kier molecular flexibility index (Phi) is 4.98. The third kappa shape index (κ3) is 3.33. The molecular formula is C22H24FNO4. The summed E-state index contributed by atoms with van der Waals surface area (Å²) in [5, 5.41) is 11.3. The smallest absolute Gasteiger partial charge is 0.410 e. The van der Waals surface area contributed by atoms with Crippen LogP contribution in [0.5, 0.6) is 5.75 Å². The Labute approximate surface area is 163 Å². The van der Waals surface area contributed by atoms with Crippen LogP contribution in [0.15, 0.2) is 48.5 Å². The first kappa shape index (κ1) is 18.7. The first-order chi connectivity index (χ1) is 13.5. The lowest BCUT2D eigenvalue weighted by Gasteiger charge is -2.43. The van der Waals surface area contributed by atoms with Gasteiger partial charge in [-0.1, -0.05) is 42.5 Å². The molecule has 2 atom stereocenters. The number of ether oxygens (including phenoxy) is 2. The van der Waals surface area contributed by atoms with Crippen molar-refractivity contribution in [3.63, 3.8) is 0 Å². The number of carbonyl (C=O) groups is 1. The number of hydrogen-bond donors (Lipinski definition) is 1. The minimum Gasteiger partial charge on any atom is -0.493 e. The number of halogens is 1. The average molecular weight is 385 g/mol. The second-order valence-corrected chi connectivity index (χ2v) is 7.59. The Bertz CT molecular complexity index is 843. The molecule has 0 aromatic heterocycles. The molecule has 2 aromatic rings. The van der Waals surface area contributed by atoms with Gasteiger partial charge < -0.3 is 19.5 Å². The van der Waals surface area contributed by atoms with E-state index in [1.165, 1.54) is 13.2 Å². The maximum absolute atomic E-state index is 14.1. The zero-order valence-electron chi connectivity index (χ0n) is 15.8. The number of aliphatic hydroxyl groups is 1. The maximum Gasteiger partial charge on any atom is 0.410 e. The van der Waals surface area contributed by atoms with Crippen molar-refractivity contribution in [1.29, 1.82) is 0 Å². The van der Waals surface area contributed by atoms with Crippen molar-refractivity contribution in [2.45, 2.75) is 50.0 Å². The molecule has 2 aliphatic rings. The van der Waals surface area contributed by atoms with Crippen molar-refractivity contribution in [3.8, 4) is 5.75 Å². The number of fused-ring (bicyclic) bond motifs is 2. The molecule has 2 unspecified atom stereocenters. The van der Waals surface area contributed by atoms with Gasteiger partial charge in [0.2, 0.25) is 0 Å². The molecule has 0 saturated carbocycles. The predicted octanol–water partition coefficient (Wildman–Crippen LogP) is 3.99. The van der Waals surface area contributed by atoms with Crippen LogP contribution in [-0.4, -0.2) is 35.3 Å². The summed E-state index contributed by atoms with van der Waals surface area (Å²) in [6, 6.07) is 13.9. The third-order valence-electron chi connectivity index (χ3n) is 5.85. The summed E-state index contributed by atoms with van der Waals surface area (Å²) in [6.07, 6.45) is 1.91. The number of rotatable bonds is 4. The Morgan fingerprint density at radius 1 is 1.14 bits per heavy atom. The Morgan fingerprint density at radius 2 is 1.82 bits per heavy atom. The molecule has 2 saturated heterocycles. The fourth-order valence-corrected chi connectivity index (χ4v) is 4.62. The number of hydrogen-bond acceptors (Lipinski definition) is 4. The van der Waals surface area contributed by atoms with E-state index in [1.807, 2.05) is 30.3 Å². The van der Waals surface area contributed by atoms with E-state index in [4.69, 9.17) is 9.47 Å². The van der Waals surface area contributed by atoms with Crippen molar-refractivity contribution in [3.05, 3.63) is 65.5 Å². The molecule has 2 aliphatic heterocycles. The predicted molar refractivity (Wildman–Crippen MR) is 101 cm³/mol. The van der Waals surface area contributed by atoms with Crippen molar-refractivity contribution >= 4 is 6.09 Å². The fraction of sp³-hybridized carbons (Fsp3) is 0.409. The lowest BCUT2D eigenvalue weighted by molar-refractivity contribution is -0.0550. The van der Waals surface area contributed by atoms with Gasteiger partial charge in [0.15, 0.2) is 11.6 Å². The Hall–Kier alpha value is -2.60. The summed E-state index contributed by atoms with van der Waals surface area (Å²) in [4.78, 5) is 14.4. The fourth-order valence-electron chi connectivity index (χ4n) is 4.62. The van der Waals surface area contributed by atoms with Crippen LogP contribution < -0.4 is 4.74 Å². The zero-order valence-corrected chi connectivity index (χ0v) is 15.8. The Balaban J connectivity index is 1.50. The molecule has 1 amide bonds. The van der Waals surface area contributed by atoms with Crippen LogP contribution in [0.3, 0.4) is 0 Å². The summed E-state index contributed by atoms with van der Waals surface area (Å²) in [5.41, 5.74) is 0.153. The van der Waals surface area contributed by atoms with Gasteiger partial charge in [0.25, 0.3) is 0 Å². The van der Waals surface area contributed by atoms with E-state index < -0.39 is 11.4 Å². The van der Waals surface area contributed by atoms with Gasteiger partial charge >= 0.3 is 6.09 Å². The first-order valence-corrected chi connectivity index (χ1v) is 9.56. The molecule has 148 valence electrons. The SMILES string of the molecule is COc1c(F)cccc1C1(O)CC2CCC(C1)N2C(=O)OCc1ccccc1. The number of benzene rings is 2. The molecule has 2 heterocycles. The van der Waals surface area contributed by atoms with Crippen LogP contribution in [0.1, 0.15) is 36.8 Å². The second-order valence-electron chi connectivity index (χ2n) is 7.59. The molecule has 2 fully saturated rings. The topological polar surface area (TPSA) is 59.0 Å². The average Bonchev–Trinajstić information content (AvgIpc) is 2.99. The summed E-state index contributed by atoms with van der Waals surface area (Å²) >= 11 is 0. The van der Waals surface area contributed by atoms with Crippen LogP contribution >= 0.6 is 0 Å². The molecular weight excluding hydrogens is 361 g/mol. The first-order valence-electron chi connectivity index (χ1n) is 9.56. The van der Waals surface area contributed by atoms with Gasteiger partial charge in [0.1, 0.15) is 6.61 Å². The van der Waals surface area contributed by atoms with Gasteiger partial charge in [-0.15, -0.1) is 0 Å². The van der Waals surface area contributed by atoms with Crippen LogP contribution in [0.25, 0.3) is 0 Å². The molecule has 6 heteroatoms. The lowest BCUT2D eigenvalue weighted by atomic mass is 9.80. The number of carbonyl (C=O) groups excluding carboxylic acids is 1. The van der Waals surface area contributed by atoms with Crippen LogP contribution in [-0.2, 0) is 16.9 Å². The van der Waals surface area contributed by atoms with Crippen LogP contribution in [0.2, 0.25) is 0 Å². The largest absolute Gasteiger partial charge is 0.493 e. The van der Waals surface area contributed by atoms with Crippen molar-refractivity contribution in [1.82, 2.24) is 4.90 Å². The molecule has 1 N–H and O–H groups in total. The molecule has 2 bridgehead atoms. The van der Waals surface area contributed by atoms with E-state index in [0.29, 0.717) is 18.4 Å². The van der Waals surface area contributed by atoms with Crippen molar-refractivity contribution in [2.24, 2.45) is 0 Å². The highest BCUT2D eigenvalue weighted by Gasteiger charge is 2.51. The number of nitrogens with zero attached hydrogens (tertiary/aromatic N) is 1. The lowest BCUT2D eigenvalue weighted by Crippen LogP contribution is -2.52. The van der Waals surface area contributed by atoms with E-state index >= 15 is 0 Å². The van der Waals surface area contributed by atoms with Gasteiger partial charge in [0.05, 0.1) is 12.7 Å². The zero-order chi connectivity index (χ0) is 19.7. The van der Waals surface area contributed by atoms with Gasteiger partial charge in [0, 0.05) is 30.5 Å². The van der Waals surface area contributed by atoms with Gasteiger partial charge in [-0.3, -0.25) is 0 Å². The van der Waals surface area contributed by atoms with E-state index in [0.717, 1.165) is 18.4 Å². The number of methoxy groups -OCH3 is 1. The van der Waals surface area contributed by atoms with E-state index in [2.05, 4.69) is 0 Å². The number of para-hydroxylation sites is 1. The maximum atomic E-state index is 14.1. The highest BCUT2D eigenvalue weighted by atomic mass is 19.1.